The van der Waals surface area contributed by atoms with Crippen molar-refractivity contribution in [3.05, 3.63) is 82.4 Å². The summed E-state index contributed by atoms with van der Waals surface area (Å²) in [6, 6.07) is 10.9. The first-order valence-corrected chi connectivity index (χ1v) is 17.4. The molecule has 0 aromatic heterocycles. The number of carbonyl (C=O) groups excluding carboxylic acids is 1. The van der Waals surface area contributed by atoms with E-state index in [1.165, 1.54) is 6.92 Å². The van der Waals surface area contributed by atoms with Crippen molar-refractivity contribution >= 4 is 33.2 Å². The lowest BCUT2D eigenvalue weighted by Crippen LogP contribution is -2.50. The van der Waals surface area contributed by atoms with E-state index in [2.05, 4.69) is 28.0 Å². The molecule has 240 valence electrons. The first-order chi connectivity index (χ1) is 21.6. The maximum absolute atomic E-state index is 13.4. The third kappa shape index (κ3) is 7.25. The van der Waals surface area contributed by atoms with Crippen molar-refractivity contribution in [2.75, 3.05) is 31.7 Å². The van der Waals surface area contributed by atoms with Gasteiger partial charge in [0, 0.05) is 36.7 Å². The maximum Gasteiger partial charge on any atom is 0.264 e. The molecule has 4 atom stereocenters. The van der Waals surface area contributed by atoms with Gasteiger partial charge >= 0.3 is 0 Å². The second-order valence-corrected chi connectivity index (χ2v) is 14.5. The molecule has 45 heavy (non-hydrogen) atoms. The Morgan fingerprint density at radius 2 is 2.02 bits per heavy atom. The van der Waals surface area contributed by atoms with Crippen LogP contribution < -0.4 is 14.4 Å². The number of anilines is 1. The van der Waals surface area contributed by atoms with Crippen molar-refractivity contribution < 1.29 is 27.8 Å². The molecule has 0 radical (unpaired) electrons. The largest absolute Gasteiger partial charge is 0.487 e. The number of rotatable bonds is 1. The first kappa shape index (κ1) is 33.1. The molecule has 0 saturated heterocycles. The number of sulfonamides is 1. The zero-order valence-electron chi connectivity index (χ0n) is 25.9. The SMILES string of the molecule is C=C1C/C=C/[C@](C#CCO)(OC)[C@@H]2CC[C@H]2CN2CCCCc3cc(Cl)ccc3COc3ccc(cc32)C(=O)NS(=O)(=O)[C@@H]1C. The molecule has 10 heteroatoms. The van der Waals surface area contributed by atoms with Gasteiger partial charge in [-0.1, -0.05) is 47.7 Å². The van der Waals surface area contributed by atoms with E-state index in [-0.39, 0.29) is 30.4 Å². The summed E-state index contributed by atoms with van der Waals surface area (Å²) in [5.74, 6) is 6.12. The van der Waals surface area contributed by atoms with Crippen LogP contribution in [0.5, 0.6) is 5.75 Å². The third-order valence-electron chi connectivity index (χ3n) is 9.38. The van der Waals surface area contributed by atoms with Crippen LogP contribution >= 0.6 is 11.6 Å². The highest BCUT2D eigenvalue weighted by Gasteiger charge is 2.46. The van der Waals surface area contributed by atoms with Crippen molar-refractivity contribution in [3.8, 4) is 17.6 Å². The van der Waals surface area contributed by atoms with Gasteiger partial charge in [-0.3, -0.25) is 4.79 Å². The lowest BCUT2D eigenvalue weighted by atomic mass is 9.64. The number of hydrogen-bond acceptors (Lipinski definition) is 7. The van der Waals surface area contributed by atoms with Gasteiger partial charge in [-0.25, -0.2) is 13.1 Å². The molecule has 2 bridgehead atoms. The van der Waals surface area contributed by atoms with Gasteiger partial charge in [-0.05, 0) is 98.9 Å². The van der Waals surface area contributed by atoms with Crippen molar-refractivity contribution in [1.82, 2.24) is 4.72 Å². The molecule has 3 aliphatic rings. The number of ether oxygens (including phenoxy) is 2. The number of amides is 1. The smallest absolute Gasteiger partial charge is 0.264 e. The lowest BCUT2D eigenvalue weighted by Gasteiger charge is -2.47. The molecule has 2 aromatic rings. The number of carbonyl (C=O) groups is 1. The van der Waals surface area contributed by atoms with Crippen LogP contribution in [0.15, 0.2) is 60.7 Å². The molecule has 2 heterocycles. The fourth-order valence-corrected chi connectivity index (χ4v) is 7.75. The minimum Gasteiger partial charge on any atom is -0.487 e. The average molecular weight is 653 g/mol. The number of methoxy groups -OCH3 is 1. The van der Waals surface area contributed by atoms with Gasteiger partial charge in [0.15, 0.2) is 0 Å². The highest BCUT2D eigenvalue weighted by Crippen LogP contribution is 2.46. The van der Waals surface area contributed by atoms with Gasteiger partial charge in [0.25, 0.3) is 5.91 Å². The summed E-state index contributed by atoms with van der Waals surface area (Å²) in [5.41, 5.74) is 2.62. The zero-order chi connectivity index (χ0) is 32.2. The highest BCUT2D eigenvalue weighted by molar-refractivity contribution is 7.90. The summed E-state index contributed by atoms with van der Waals surface area (Å²) in [6.07, 6.45) is 8.49. The number of halogens is 1. The molecule has 2 N–H and O–H groups in total. The van der Waals surface area contributed by atoms with Crippen LogP contribution in [0.4, 0.5) is 5.69 Å². The van der Waals surface area contributed by atoms with E-state index in [1.807, 2.05) is 30.4 Å². The van der Waals surface area contributed by atoms with Crippen molar-refractivity contribution in [1.29, 1.82) is 0 Å². The van der Waals surface area contributed by atoms with E-state index in [9.17, 15) is 18.3 Å². The standard InChI is InChI=1S/C35H41ClN2O6S/c1-24-8-6-16-35(43-3,17-7-19-39)31-14-11-28(31)22-38-18-5-4-9-26-20-30(36)13-10-29(26)23-44-33-15-12-27(21-32(33)38)34(40)37-45(41,42)25(24)2/h6,10,12-13,15-16,20-21,25,28,31,39H,1,4-5,8-9,11,14,18-19,22-23H2,2-3H3,(H,37,40)/b16-6+/t25-,28+,31-,35-/m1/s1. The Bertz CT molecular complexity index is 1640. The zero-order valence-corrected chi connectivity index (χ0v) is 27.4. The van der Waals surface area contributed by atoms with Gasteiger partial charge in [0.2, 0.25) is 10.0 Å². The van der Waals surface area contributed by atoms with Crippen molar-refractivity contribution in [2.24, 2.45) is 11.8 Å². The quantitative estimate of drug-likeness (QED) is 0.313. The lowest BCUT2D eigenvalue weighted by molar-refractivity contribution is -0.0349. The number of nitrogens with one attached hydrogen (secondary N) is 1. The number of aliphatic hydroxyl groups excluding tert-OH is 1. The van der Waals surface area contributed by atoms with E-state index < -0.39 is 26.8 Å². The van der Waals surface area contributed by atoms with Gasteiger partial charge < -0.3 is 19.5 Å². The van der Waals surface area contributed by atoms with Gasteiger partial charge in [0.1, 0.15) is 24.6 Å². The Kier molecular flexibility index (Phi) is 10.3. The maximum atomic E-state index is 13.4. The van der Waals surface area contributed by atoms with Crippen LogP contribution in [-0.4, -0.2) is 57.1 Å². The molecule has 1 fully saturated rings. The minimum absolute atomic E-state index is 0.0283. The summed E-state index contributed by atoms with van der Waals surface area (Å²) >= 11 is 6.33. The average Bonchev–Trinajstić information content (AvgIpc) is 3.03. The Balaban J connectivity index is 1.60. The Morgan fingerprint density at radius 1 is 1.20 bits per heavy atom. The number of fused-ring (bicyclic) bond motifs is 3. The molecule has 2 aromatic carbocycles. The summed E-state index contributed by atoms with van der Waals surface area (Å²) in [7, 11) is -2.45. The molecular weight excluding hydrogens is 612 g/mol. The van der Waals surface area contributed by atoms with E-state index >= 15 is 0 Å². The number of hydrogen-bond donors (Lipinski definition) is 2. The van der Waals surface area contributed by atoms with Crippen LogP contribution in [0.3, 0.4) is 0 Å². The predicted octanol–water partition coefficient (Wildman–Crippen LogP) is 5.43. The minimum atomic E-state index is -4.07. The molecule has 8 nitrogen and oxygen atoms in total. The Hall–Kier alpha value is -3.29. The third-order valence-corrected chi connectivity index (χ3v) is 11.4. The van der Waals surface area contributed by atoms with Crippen molar-refractivity contribution in [3.63, 3.8) is 0 Å². The number of allylic oxidation sites excluding steroid dienone is 1. The number of nitrogens with zero attached hydrogens (tertiary/aromatic N) is 1. The molecule has 1 aliphatic carbocycles. The van der Waals surface area contributed by atoms with Gasteiger partial charge in [-0.15, -0.1) is 0 Å². The van der Waals surface area contributed by atoms with E-state index in [0.29, 0.717) is 36.0 Å². The fraction of sp³-hybridized carbons (Fsp3) is 0.457. The monoisotopic (exact) mass is 652 g/mol. The Labute approximate surface area is 271 Å². The van der Waals surface area contributed by atoms with Crippen LogP contribution in [0.25, 0.3) is 0 Å². The molecule has 2 aliphatic heterocycles. The second-order valence-electron chi connectivity index (χ2n) is 12.1. The summed E-state index contributed by atoms with van der Waals surface area (Å²) < 4.78 is 41.3. The van der Waals surface area contributed by atoms with Gasteiger partial charge in [-0.2, -0.15) is 0 Å². The van der Waals surface area contributed by atoms with Crippen molar-refractivity contribution in [2.45, 2.75) is 62.9 Å². The molecular formula is C35H41ClN2O6S. The van der Waals surface area contributed by atoms with Crippen LogP contribution in [-0.2, 0) is 27.8 Å². The number of aliphatic hydroxyl groups is 1. The number of benzene rings is 2. The predicted molar refractivity (Wildman–Crippen MR) is 177 cm³/mol. The molecule has 5 rings (SSSR count). The van der Waals surface area contributed by atoms with Crippen LogP contribution in [0.1, 0.15) is 60.5 Å². The fourth-order valence-electron chi connectivity index (χ4n) is 6.47. The summed E-state index contributed by atoms with van der Waals surface area (Å²) in [4.78, 5) is 15.6. The molecule has 0 unspecified atom stereocenters. The molecule has 1 amide bonds. The summed E-state index contributed by atoms with van der Waals surface area (Å²) in [5, 5.41) is 9.24. The summed E-state index contributed by atoms with van der Waals surface area (Å²) in [6.45, 7) is 6.91. The topological polar surface area (TPSA) is 105 Å². The number of aryl methyl sites for hydroxylation is 1. The van der Waals surface area contributed by atoms with Gasteiger partial charge in [0.05, 0.1) is 10.9 Å². The Morgan fingerprint density at radius 3 is 2.76 bits per heavy atom. The molecule has 1 saturated carbocycles. The van der Waals surface area contributed by atoms with E-state index in [0.717, 1.165) is 48.9 Å². The highest BCUT2D eigenvalue weighted by atomic mass is 35.5. The van der Waals surface area contributed by atoms with Crippen LogP contribution in [0, 0.1) is 23.7 Å². The van der Waals surface area contributed by atoms with E-state index in [1.54, 1.807) is 25.3 Å². The van der Waals surface area contributed by atoms with E-state index in [4.69, 9.17) is 21.1 Å². The first-order valence-electron chi connectivity index (χ1n) is 15.4. The molecule has 0 spiro atoms. The normalized spacial score (nSPS) is 27.6. The second kappa shape index (κ2) is 14.0. The van der Waals surface area contributed by atoms with Crippen LogP contribution in [0.2, 0.25) is 5.02 Å².